The van der Waals surface area contributed by atoms with E-state index in [1.165, 1.54) is 0 Å². The Labute approximate surface area is 114 Å². The van der Waals surface area contributed by atoms with Crippen LogP contribution in [0.25, 0.3) is 32.6 Å². The average molecular weight is 259 g/mol. The second kappa shape index (κ2) is 3.93. The molecule has 3 aromatic heterocycles. The van der Waals surface area contributed by atoms with Crippen molar-refractivity contribution in [1.82, 2.24) is 19.7 Å². The van der Waals surface area contributed by atoms with Gasteiger partial charge in [-0.05, 0) is 18.2 Å². The number of pyridine rings is 1. The Hall–Kier alpha value is -3.13. The molecule has 0 aliphatic carbocycles. The van der Waals surface area contributed by atoms with Crippen molar-refractivity contribution in [2.75, 3.05) is 0 Å². The van der Waals surface area contributed by atoms with E-state index in [-0.39, 0.29) is 0 Å². The molecule has 0 radical (unpaired) electrons. The lowest BCUT2D eigenvalue weighted by atomic mass is 10.2. The maximum atomic E-state index is 7.04. The topological polar surface area (TPSA) is 50.9 Å². The highest BCUT2D eigenvalue weighted by molar-refractivity contribution is 6.07. The maximum absolute atomic E-state index is 7.04. The van der Waals surface area contributed by atoms with Crippen LogP contribution >= 0.6 is 0 Å². The van der Waals surface area contributed by atoms with Crippen LogP contribution in [0.3, 0.4) is 0 Å². The van der Waals surface area contributed by atoms with Gasteiger partial charge in [-0.1, -0.05) is 29.9 Å². The van der Waals surface area contributed by atoms with Gasteiger partial charge in [0.25, 0.3) is 5.82 Å². The van der Waals surface area contributed by atoms with E-state index in [4.69, 9.17) is 6.57 Å². The van der Waals surface area contributed by atoms with Crippen LogP contribution in [0.5, 0.6) is 0 Å². The van der Waals surface area contributed by atoms with Crippen molar-refractivity contribution in [1.29, 1.82) is 0 Å². The summed E-state index contributed by atoms with van der Waals surface area (Å²) in [5.74, 6) is 1.10. The van der Waals surface area contributed by atoms with E-state index in [9.17, 15) is 0 Å². The molecule has 1 N–H and O–H groups in total. The summed E-state index contributed by atoms with van der Waals surface area (Å²) in [7, 11) is 0. The molecule has 4 rings (SSSR count). The number of nitrogens with one attached hydrogen (secondary N) is 1. The minimum Gasteiger partial charge on any atom is -0.362 e. The van der Waals surface area contributed by atoms with Gasteiger partial charge in [0.15, 0.2) is 5.82 Å². The van der Waals surface area contributed by atoms with Gasteiger partial charge in [0.05, 0.1) is 5.52 Å². The fourth-order valence-corrected chi connectivity index (χ4v) is 2.50. The van der Waals surface area contributed by atoms with Crippen molar-refractivity contribution in [3.8, 4) is 5.82 Å². The van der Waals surface area contributed by atoms with Gasteiger partial charge in [-0.2, -0.15) is 0 Å². The third-order valence-corrected chi connectivity index (χ3v) is 3.33. The fourth-order valence-electron chi connectivity index (χ4n) is 2.50. The first-order valence-corrected chi connectivity index (χ1v) is 6.16. The number of rotatable bonds is 1. The molecule has 0 aliphatic heterocycles. The first kappa shape index (κ1) is 10.8. The summed E-state index contributed by atoms with van der Waals surface area (Å²) < 4.78 is 1.97. The van der Waals surface area contributed by atoms with E-state index in [0.717, 1.165) is 21.9 Å². The minimum absolute atomic E-state index is 0.418. The van der Waals surface area contributed by atoms with Crippen LogP contribution in [0.2, 0.25) is 0 Å². The van der Waals surface area contributed by atoms with Crippen molar-refractivity contribution in [3.63, 3.8) is 0 Å². The van der Waals surface area contributed by atoms with Gasteiger partial charge in [-0.15, -0.1) is 0 Å². The molecule has 0 saturated heterocycles. The Balaban J connectivity index is 2.18. The van der Waals surface area contributed by atoms with Gasteiger partial charge in [0.1, 0.15) is 5.65 Å². The Morgan fingerprint density at radius 1 is 1.10 bits per heavy atom. The van der Waals surface area contributed by atoms with E-state index in [1.807, 2.05) is 34.9 Å². The number of H-pyrrole nitrogens is 1. The second-order valence-electron chi connectivity index (χ2n) is 4.45. The Kier molecular flexibility index (Phi) is 2.12. The molecule has 94 valence electrons. The first-order chi connectivity index (χ1) is 9.88. The van der Waals surface area contributed by atoms with Crippen molar-refractivity contribution in [2.24, 2.45) is 0 Å². The molecular weight excluding hydrogens is 250 g/mol. The molecule has 0 bridgehead atoms. The van der Waals surface area contributed by atoms with Gasteiger partial charge in [0, 0.05) is 23.0 Å². The molecular formula is C15H9N5. The van der Waals surface area contributed by atoms with Crippen LogP contribution < -0.4 is 0 Å². The van der Waals surface area contributed by atoms with Gasteiger partial charge >= 0.3 is 0 Å². The largest absolute Gasteiger partial charge is 0.362 e. The van der Waals surface area contributed by atoms with Crippen molar-refractivity contribution < 1.29 is 0 Å². The highest BCUT2D eigenvalue weighted by Crippen LogP contribution is 2.30. The predicted molar refractivity (Wildman–Crippen MR) is 77.0 cm³/mol. The molecule has 3 heterocycles. The summed E-state index contributed by atoms with van der Waals surface area (Å²) in [6.07, 6.45) is 1.76. The highest BCUT2D eigenvalue weighted by atomic mass is 15.2. The highest BCUT2D eigenvalue weighted by Gasteiger charge is 2.14. The number of aromatic nitrogens is 4. The van der Waals surface area contributed by atoms with Crippen LogP contribution in [-0.4, -0.2) is 19.7 Å². The van der Waals surface area contributed by atoms with Gasteiger partial charge in [0.2, 0.25) is 0 Å². The number of benzene rings is 1. The third kappa shape index (κ3) is 1.36. The van der Waals surface area contributed by atoms with E-state index in [2.05, 4.69) is 26.1 Å². The molecule has 0 fully saturated rings. The number of fused-ring (bicyclic) bond motifs is 3. The predicted octanol–water partition coefficient (Wildman–Crippen LogP) is 3.45. The number of para-hydroxylation sites is 1. The Bertz CT molecular complexity index is 917. The average Bonchev–Trinajstić information content (AvgIpc) is 3.09. The SMILES string of the molecule is [C-]#[N+]c1cc(-n2c3ccccc3c3cccnc32)n[nH]1. The van der Waals surface area contributed by atoms with E-state index < -0.39 is 0 Å². The van der Waals surface area contributed by atoms with Crippen molar-refractivity contribution in [2.45, 2.75) is 0 Å². The molecule has 0 unspecified atom stereocenters. The molecule has 0 amide bonds. The second-order valence-corrected chi connectivity index (χ2v) is 4.45. The summed E-state index contributed by atoms with van der Waals surface area (Å²) in [6.45, 7) is 7.04. The molecule has 5 nitrogen and oxygen atoms in total. The summed E-state index contributed by atoms with van der Waals surface area (Å²) >= 11 is 0. The molecule has 5 heteroatoms. The summed E-state index contributed by atoms with van der Waals surface area (Å²) in [4.78, 5) is 7.82. The first-order valence-electron chi connectivity index (χ1n) is 6.16. The van der Waals surface area contributed by atoms with E-state index >= 15 is 0 Å². The van der Waals surface area contributed by atoms with Crippen LogP contribution in [-0.2, 0) is 0 Å². The molecule has 0 atom stereocenters. The maximum Gasteiger partial charge on any atom is 0.252 e. The smallest absolute Gasteiger partial charge is 0.252 e. The lowest BCUT2D eigenvalue weighted by molar-refractivity contribution is 1.00. The summed E-state index contributed by atoms with van der Waals surface area (Å²) in [5, 5.41) is 9.14. The lowest BCUT2D eigenvalue weighted by Gasteiger charge is -2.00. The number of hydrogen-bond donors (Lipinski definition) is 1. The van der Waals surface area contributed by atoms with Gasteiger partial charge in [-0.3, -0.25) is 4.57 Å². The zero-order chi connectivity index (χ0) is 13.5. The standard InChI is InChI=1S/C15H9N5/c1-16-13-9-14(19-18-13)20-12-7-3-2-5-10(12)11-6-4-8-17-15(11)20/h2-9H,(H,18,19). The zero-order valence-corrected chi connectivity index (χ0v) is 10.4. The van der Waals surface area contributed by atoms with Crippen LogP contribution in [0, 0.1) is 6.57 Å². The monoisotopic (exact) mass is 259 g/mol. The molecule has 20 heavy (non-hydrogen) atoms. The minimum atomic E-state index is 0.418. The normalized spacial score (nSPS) is 10.9. The van der Waals surface area contributed by atoms with E-state index in [1.54, 1.807) is 12.3 Å². The number of aromatic amines is 1. The Morgan fingerprint density at radius 3 is 2.80 bits per heavy atom. The molecule has 0 saturated carbocycles. The van der Waals surface area contributed by atoms with Crippen molar-refractivity contribution in [3.05, 3.63) is 60.1 Å². The molecule has 1 aromatic carbocycles. The van der Waals surface area contributed by atoms with Gasteiger partial charge in [-0.25, -0.2) is 10.1 Å². The number of nitrogens with zero attached hydrogens (tertiary/aromatic N) is 4. The van der Waals surface area contributed by atoms with Crippen molar-refractivity contribution >= 4 is 27.8 Å². The quantitative estimate of drug-likeness (QED) is 0.532. The molecule has 4 aromatic rings. The van der Waals surface area contributed by atoms with Crippen LogP contribution in [0.4, 0.5) is 5.82 Å². The zero-order valence-electron chi connectivity index (χ0n) is 10.4. The third-order valence-electron chi connectivity index (χ3n) is 3.33. The molecule has 0 aliphatic rings. The molecule has 0 spiro atoms. The van der Waals surface area contributed by atoms with Crippen LogP contribution in [0.15, 0.2) is 48.7 Å². The lowest BCUT2D eigenvalue weighted by Crippen LogP contribution is -1.95. The summed E-state index contributed by atoms with van der Waals surface area (Å²) in [5.41, 5.74) is 1.88. The number of hydrogen-bond acceptors (Lipinski definition) is 2. The van der Waals surface area contributed by atoms with Crippen LogP contribution in [0.1, 0.15) is 0 Å². The van der Waals surface area contributed by atoms with Gasteiger partial charge < -0.3 is 4.85 Å². The van der Waals surface area contributed by atoms with E-state index in [0.29, 0.717) is 11.6 Å². The Morgan fingerprint density at radius 2 is 1.95 bits per heavy atom. The fraction of sp³-hybridized carbons (Fsp3) is 0. The summed E-state index contributed by atoms with van der Waals surface area (Å²) in [6, 6.07) is 13.8.